The molecular formula is C26H25N3O4. The second-order valence-electron chi connectivity index (χ2n) is 8.07. The minimum Gasteiger partial charge on any atom is -0.483 e. The first-order valence-electron chi connectivity index (χ1n) is 10.7. The summed E-state index contributed by atoms with van der Waals surface area (Å²) in [7, 11) is 0. The topological polar surface area (TPSA) is 87.7 Å². The van der Waals surface area contributed by atoms with Crippen LogP contribution in [0.2, 0.25) is 0 Å². The molecule has 4 rings (SSSR count). The van der Waals surface area contributed by atoms with Gasteiger partial charge in [0.2, 0.25) is 0 Å². The third-order valence-corrected chi connectivity index (χ3v) is 5.58. The molecule has 0 radical (unpaired) electrons. The van der Waals surface area contributed by atoms with Gasteiger partial charge in [-0.3, -0.25) is 15.0 Å². The van der Waals surface area contributed by atoms with E-state index in [-0.39, 0.29) is 6.61 Å². The van der Waals surface area contributed by atoms with Crippen molar-refractivity contribution in [1.29, 1.82) is 0 Å². The number of hydrogen-bond donors (Lipinski definition) is 2. The molecule has 0 aromatic heterocycles. The van der Waals surface area contributed by atoms with E-state index in [1.807, 2.05) is 78.9 Å². The average molecular weight is 444 g/mol. The molecule has 0 bridgehead atoms. The SMILES string of the molecule is C[C@]1(CCc2ccccc2)NC(=O)N(NC(=O)COc2ccccc2-c2ccccc2)C1=O. The van der Waals surface area contributed by atoms with Crippen LogP contribution < -0.4 is 15.5 Å². The molecule has 3 aromatic carbocycles. The molecule has 1 fully saturated rings. The van der Waals surface area contributed by atoms with E-state index < -0.39 is 23.4 Å². The predicted octanol–water partition coefficient (Wildman–Crippen LogP) is 3.71. The monoisotopic (exact) mass is 443 g/mol. The first kappa shape index (κ1) is 22.1. The van der Waals surface area contributed by atoms with Gasteiger partial charge in [-0.05, 0) is 37.0 Å². The molecular weight excluding hydrogens is 418 g/mol. The first-order chi connectivity index (χ1) is 16.0. The zero-order valence-electron chi connectivity index (χ0n) is 18.3. The third-order valence-electron chi connectivity index (χ3n) is 5.58. The molecule has 1 aliphatic rings. The summed E-state index contributed by atoms with van der Waals surface area (Å²) in [5, 5.41) is 3.43. The number of urea groups is 1. The van der Waals surface area contributed by atoms with E-state index in [1.165, 1.54) is 0 Å². The van der Waals surface area contributed by atoms with Gasteiger partial charge < -0.3 is 10.1 Å². The molecule has 1 aliphatic heterocycles. The largest absolute Gasteiger partial charge is 0.483 e. The lowest BCUT2D eigenvalue weighted by Crippen LogP contribution is -2.50. The zero-order chi connectivity index (χ0) is 23.3. The van der Waals surface area contributed by atoms with E-state index in [9.17, 15) is 14.4 Å². The first-order valence-corrected chi connectivity index (χ1v) is 10.7. The Labute approximate surface area is 192 Å². The van der Waals surface area contributed by atoms with Gasteiger partial charge >= 0.3 is 6.03 Å². The summed E-state index contributed by atoms with van der Waals surface area (Å²) < 4.78 is 5.71. The molecule has 168 valence electrons. The number of nitrogens with zero attached hydrogens (tertiary/aromatic N) is 1. The van der Waals surface area contributed by atoms with Crippen molar-refractivity contribution in [2.24, 2.45) is 0 Å². The maximum Gasteiger partial charge on any atom is 0.344 e. The highest BCUT2D eigenvalue weighted by Gasteiger charge is 2.48. The van der Waals surface area contributed by atoms with Crippen molar-refractivity contribution in [3.63, 3.8) is 0 Å². The number of nitrogens with one attached hydrogen (secondary N) is 2. The smallest absolute Gasteiger partial charge is 0.344 e. The normalized spacial score (nSPS) is 17.5. The molecule has 3 aromatic rings. The Morgan fingerprint density at radius 3 is 2.30 bits per heavy atom. The molecule has 4 amide bonds. The Morgan fingerprint density at radius 1 is 0.939 bits per heavy atom. The van der Waals surface area contributed by atoms with E-state index in [1.54, 1.807) is 13.0 Å². The summed E-state index contributed by atoms with van der Waals surface area (Å²) in [4.78, 5) is 37.8. The lowest BCUT2D eigenvalue weighted by molar-refractivity contribution is -0.139. The van der Waals surface area contributed by atoms with Crippen LogP contribution >= 0.6 is 0 Å². The summed E-state index contributed by atoms with van der Waals surface area (Å²) >= 11 is 0. The van der Waals surface area contributed by atoms with Gasteiger partial charge in [-0.25, -0.2) is 4.79 Å². The van der Waals surface area contributed by atoms with Gasteiger partial charge in [-0.15, -0.1) is 0 Å². The number of ether oxygens (including phenoxy) is 1. The fraction of sp³-hybridized carbons (Fsp3) is 0.192. The molecule has 2 N–H and O–H groups in total. The summed E-state index contributed by atoms with van der Waals surface area (Å²) in [6, 6.07) is 26.1. The van der Waals surface area contributed by atoms with E-state index in [4.69, 9.17) is 4.74 Å². The van der Waals surface area contributed by atoms with Gasteiger partial charge in [0, 0.05) is 5.56 Å². The van der Waals surface area contributed by atoms with Crippen molar-refractivity contribution in [2.45, 2.75) is 25.3 Å². The van der Waals surface area contributed by atoms with Crippen LogP contribution in [0.15, 0.2) is 84.9 Å². The fourth-order valence-electron chi connectivity index (χ4n) is 3.74. The second-order valence-corrected chi connectivity index (χ2v) is 8.07. The van der Waals surface area contributed by atoms with Gasteiger partial charge in [0.05, 0.1) is 0 Å². The molecule has 0 saturated carbocycles. The summed E-state index contributed by atoms with van der Waals surface area (Å²) in [6.07, 6.45) is 1.03. The number of amides is 4. The summed E-state index contributed by atoms with van der Waals surface area (Å²) in [5.74, 6) is -0.570. The number of carbonyl (C=O) groups is 3. The highest BCUT2D eigenvalue weighted by molar-refractivity contribution is 6.07. The highest BCUT2D eigenvalue weighted by atomic mass is 16.5. The lowest BCUT2D eigenvalue weighted by atomic mass is 9.93. The number of aryl methyl sites for hydroxylation is 1. The van der Waals surface area contributed by atoms with Crippen LogP contribution in [0, 0.1) is 0 Å². The van der Waals surface area contributed by atoms with Gasteiger partial charge in [0.15, 0.2) is 6.61 Å². The summed E-state index contributed by atoms with van der Waals surface area (Å²) in [6.45, 7) is 1.32. The van der Waals surface area contributed by atoms with Gasteiger partial charge in [-0.1, -0.05) is 78.9 Å². The van der Waals surface area contributed by atoms with Crippen molar-refractivity contribution < 1.29 is 19.1 Å². The van der Waals surface area contributed by atoms with Crippen LogP contribution in [-0.2, 0) is 16.0 Å². The lowest BCUT2D eigenvalue weighted by Gasteiger charge is -2.21. The quantitative estimate of drug-likeness (QED) is 0.520. The maximum atomic E-state index is 12.9. The van der Waals surface area contributed by atoms with E-state index in [2.05, 4.69) is 10.7 Å². The Morgan fingerprint density at radius 2 is 1.58 bits per heavy atom. The molecule has 1 heterocycles. The molecule has 33 heavy (non-hydrogen) atoms. The van der Waals surface area contributed by atoms with Crippen LogP contribution in [0.1, 0.15) is 18.9 Å². The standard InChI is InChI=1S/C26H25N3O4/c1-26(17-16-19-10-4-2-5-11-19)24(31)29(25(32)27-26)28-23(30)18-33-22-15-9-8-14-21(22)20-12-6-3-7-13-20/h2-15H,16-18H2,1H3,(H,27,32)(H,28,30)/t26-/m1/s1. The van der Waals surface area contributed by atoms with Crippen LogP contribution in [0.5, 0.6) is 5.75 Å². The van der Waals surface area contributed by atoms with Crippen molar-refractivity contribution in [2.75, 3.05) is 6.61 Å². The van der Waals surface area contributed by atoms with Crippen LogP contribution in [0.25, 0.3) is 11.1 Å². The Balaban J connectivity index is 1.36. The van der Waals surface area contributed by atoms with Gasteiger partial charge in [0.25, 0.3) is 11.8 Å². The van der Waals surface area contributed by atoms with Crippen molar-refractivity contribution in [3.8, 4) is 16.9 Å². The Bertz CT molecular complexity index is 1150. The van der Waals surface area contributed by atoms with Crippen LogP contribution in [-0.4, -0.2) is 35.0 Å². The Kier molecular flexibility index (Phi) is 6.40. The molecule has 0 spiro atoms. The molecule has 7 heteroatoms. The summed E-state index contributed by atoms with van der Waals surface area (Å²) in [5.41, 5.74) is 4.13. The number of carbonyl (C=O) groups excluding carboxylic acids is 3. The van der Waals surface area contributed by atoms with E-state index in [0.29, 0.717) is 18.6 Å². The van der Waals surface area contributed by atoms with Gasteiger partial charge in [0.1, 0.15) is 11.3 Å². The van der Waals surface area contributed by atoms with Crippen molar-refractivity contribution >= 4 is 17.8 Å². The van der Waals surface area contributed by atoms with Crippen LogP contribution in [0.3, 0.4) is 0 Å². The molecule has 1 atom stereocenters. The van der Waals surface area contributed by atoms with Crippen molar-refractivity contribution in [1.82, 2.24) is 15.8 Å². The highest BCUT2D eigenvalue weighted by Crippen LogP contribution is 2.29. The molecule has 0 aliphatic carbocycles. The number of hydrazine groups is 1. The zero-order valence-corrected chi connectivity index (χ0v) is 18.3. The maximum absolute atomic E-state index is 12.9. The van der Waals surface area contributed by atoms with E-state index >= 15 is 0 Å². The molecule has 0 unspecified atom stereocenters. The number of rotatable bonds is 8. The molecule has 7 nitrogen and oxygen atoms in total. The number of para-hydroxylation sites is 1. The molecule has 1 saturated heterocycles. The second kappa shape index (κ2) is 9.56. The number of benzene rings is 3. The van der Waals surface area contributed by atoms with E-state index in [0.717, 1.165) is 21.7 Å². The van der Waals surface area contributed by atoms with Gasteiger partial charge in [-0.2, -0.15) is 5.01 Å². The number of hydrogen-bond acceptors (Lipinski definition) is 4. The minimum absolute atomic E-state index is 0.346. The average Bonchev–Trinajstić information content (AvgIpc) is 3.06. The minimum atomic E-state index is -1.10. The van der Waals surface area contributed by atoms with Crippen LogP contribution in [0.4, 0.5) is 4.79 Å². The number of imide groups is 1. The Hall–Kier alpha value is -4.13. The third kappa shape index (κ3) is 5.03. The fourth-order valence-corrected chi connectivity index (χ4v) is 3.74. The predicted molar refractivity (Wildman–Crippen MR) is 124 cm³/mol. The van der Waals surface area contributed by atoms with Crippen molar-refractivity contribution in [3.05, 3.63) is 90.5 Å².